The molecular formula is C12H10N6O3. The van der Waals surface area contributed by atoms with Gasteiger partial charge in [0.05, 0.1) is 11.1 Å². The number of nitrogen functional groups attached to an aromatic ring is 1. The molecular weight excluding hydrogens is 276 g/mol. The number of nitro groups is 1. The standard InChI is InChI=1S/C12H10N6O3/c1-17-10(13)8(6-14-17)12-15-11(16-21-12)7-4-2-3-5-9(7)18(19)20/h2-6H,13H2,1H3. The molecule has 3 aromatic rings. The molecule has 0 fully saturated rings. The topological polar surface area (TPSA) is 126 Å². The van der Waals surface area contributed by atoms with Crippen molar-refractivity contribution in [1.29, 1.82) is 0 Å². The van der Waals surface area contributed by atoms with Crippen molar-refractivity contribution in [2.75, 3.05) is 5.73 Å². The smallest absolute Gasteiger partial charge is 0.280 e. The van der Waals surface area contributed by atoms with Gasteiger partial charge in [0.2, 0.25) is 5.82 Å². The molecule has 3 rings (SSSR count). The molecule has 0 spiro atoms. The van der Waals surface area contributed by atoms with E-state index in [0.717, 1.165) is 0 Å². The third kappa shape index (κ3) is 2.10. The molecule has 2 N–H and O–H groups in total. The summed E-state index contributed by atoms with van der Waals surface area (Å²) in [6.45, 7) is 0. The quantitative estimate of drug-likeness (QED) is 0.572. The van der Waals surface area contributed by atoms with Crippen molar-refractivity contribution in [2.24, 2.45) is 7.05 Å². The second-order valence-electron chi connectivity index (χ2n) is 4.26. The van der Waals surface area contributed by atoms with E-state index in [4.69, 9.17) is 10.3 Å². The lowest BCUT2D eigenvalue weighted by Crippen LogP contribution is -1.98. The zero-order valence-electron chi connectivity index (χ0n) is 10.9. The summed E-state index contributed by atoms with van der Waals surface area (Å²) >= 11 is 0. The van der Waals surface area contributed by atoms with Crippen LogP contribution in [0.15, 0.2) is 35.0 Å². The van der Waals surface area contributed by atoms with E-state index in [1.807, 2.05) is 0 Å². The highest BCUT2D eigenvalue weighted by molar-refractivity contribution is 5.71. The molecule has 1 aromatic carbocycles. The van der Waals surface area contributed by atoms with Crippen LogP contribution in [0.3, 0.4) is 0 Å². The van der Waals surface area contributed by atoms with Crippen LogP contribution in [0.5, 0.6) is 0 Å². The molecule has 2 aromatic heterocycles. The van der Waals surface area contributed by atoms with Crippen LogP contribution in [0.1, 0.15) is 0 Å². The maximum Gasteiger partial charge on any atom is 0.280 e. The molecule has 0 saturated heterocycles. The second-order valence-corrected chi connectivity index (χ2v) is 4.26. The number of benzene rings is 1. The fourth-order valence-electron chi connectivity index (χ4n) is 1.88. The molecule has 21 heavy (non-hydrogen) atoms. The van der Waals surface area contributed by atoms with E-state index in [2.05, 4.69) is 15.2 Å². The van der Waals surface area contributed by atoms with Crippen LogP contribution in [0, 0.1) is 10.1 Å². The third-order valence-corrected chi connectivity index (χ3v) is 2.98. The number of aryl methyl sites for hydroxylation is 1. The molecule has 9 nitrogen and oxygen atoms in total. The summed E-state index contributed by atoms with van der Waals surface area (Å²) in [5.74, 6) is 0.655. The van der Waals surface area contributed by atoms with E-state index < -0.39 is 4.92 Å². The number of para-hydroxylation sites is 1. The minimum atomic E-state index is -0.496. The van der Waals surface area contributed by atoms with E-state index in [9.17, 15) is 10.1 Å². The molecule has 0 aliphatic carbocycles. The zero-order chi connectivity index (χ0) is 15.0. The Kier molecular flexibility index (Phi) is 2.87. The first kappa shape index (κ1) is 12.8. The molecule has 0 aliphatic rings. The Bertz CT molecular complexity index is 822. The van der Waals surface area contributed by atoms with Gasteiger partial charge in [0.1, 0.15) is 16.9 Å². The molecule has 0 radical (unpaired) electrons. The van der Waals surface area contributed by atoms with Crippen molar-refractivity contribution >= 4 is 11.5 Å². The fourth-order valence-corrected chi connectivity index (χ4v) is 1.88. The minimum absolute atomic E-state index is 0.0935. The average Bonchev–Trinajstić information content (AvgIpc) is 3.07. The van der Waals surface area contributed by atoms with Crippen LogP contribution < -0.4 is 5.73 Å². The largest absolute Gasteiger partial charge is 0.383 e. The summed E-state index contributed by atoms with van der Waals surface area (Å²) in [7, 11) is 1.68. The SMILES string of the molecule is Cn1ncc(-c2nc(-c3ccccc3[N+](=O)[O-])no2)c1N. The zero-order valence-corrected chi connectivity index (χ0v) is 10.9. The van der Waals surface area contributed by atoms with Gasteiger partial charge in [-0.25, -0.2) is 0 Å². The van der Waals surface area contributed by atoms with Crippen molar-refractivity contribution in [1.82, 2.24) is 19.9 Å². The first-order valence-electron chi connectivity index (χ1n) is 5.93. The Morgan fingerprint density at radius 1 is 1.33 bits per heavy atom. The van der Waals surface area contributed by atoms with Crippen LogP contribution in [0.4, 0.5) is 11.5 Å². The Labute approximate surface area is 118 Å². The molecule has 9 heteroatoms. The molecule has 0 unspecified atom stereocenters. The van der Waals surface area contributed by atoms with Gasteiger partial charge in [-0.3, -0.25) is 14.8 Å². The number of nitro benzene ring substituents is 1. The Balaban J connectivity index is 2.07. The number of hydrogen-bond donors (Lipinski definition) is 1. The molecule has 0 bridgehead atoms. The van der Waals surface area contributed by atoms with Crippen LogP contribution in [-0.2, 0) is 7.05 Å². The van der Waals surface area contributed by atoms with Gasteiger partial charge in [-0.05, 0) is 6.07 Å². The van der Waals surface area contributed by atoms with Gasteiger partial charge < -0.3 is 10.3 Å². The first-order chi connectivity index (χ1) is 10.1. The second kappa shape index (κ2) is 4.71. The molecule has 0 saturated carbocycles. The Morgan fingerprint density at radius 2 is 2.10 bits per heavy atom. The summed E-state index contributed by atoms with van der Waals surface area (Å²) in [4.78, 5) is 14.7. The lowest BCUT2D eigenvalue weighted by atomic mass is 10.2. The number of anilines is 1. The lowest BCUT2D eigenvalue weighted by Gasteiger charge is -1.96. The molecule has 106 valence electrons. The number of rotatable bonds is 3. The monoisotopic (exact) mass is 286 g/mol. The van der Waals surface area contributed by atoms with Crippen LogP contribution in [0.2, 0.25) is 0 Å². The van der Waals surface area contributed by atoms with Gasteiger partial charge in [-0.2, -0.15) is 10.1 Å². The average molecular weight is 286 g/mol. The fraction of sp³-hybridized carbons (Fsp3) is 0.0833. The normalized spacial score (nSPS) is 10.7. The van der Waals surface area contributed by atoms with Crippen molar-refractivity contribution in [3.63, 3.8) is 0 Å². The Morgan fingerprint density at radius 3 is 2.76 bits per heavy atom. The molecule has 0 amide bonds. The van der Waals surface area contributed by atoms with Crippen molar-refractivity contribution in [2.45, 2.75) is 0 Å². The van der Waals surface area contributed by atoms with Crippen molar-refractivity contribution < 1.29 is 9.45 Å². The van der Waals surface area contributed by atoms with Gasteiger partial charge in [0.15, 0.2) is 0 Å². The lowest BCUT2D eigenvalue weighted by molar-refractivity contribution is -0.384. The van der Waals surface area contributed by atoms with Crippen LogP contribution >= 0.6 is 0 Å². The number of hydrogen-bond acceptors (Lipinski definition) is 7. The number of nitrogens with zero attached hydrogens (tertiary/aromatic N) is 5. The van der Waals surface area contributed by atoms with E-state index >= 15 is 0 Å². The molecule has 0 aliphatic heterocycles. The minimum Gasteiger partial charge on any atom is -0.383 e. The van der Waals surface area contributed by atoms with Crippen molar-refractivity contribution in [3.05, 3.63) is 40.6 Å². The highest BCUT2D eigenvalue weighted by Crippen LogP contribution is 2.30. The Hall–Kier alpha value is -3.23. The van der Waals surface area contributed by atoms with Gasteiger partial charge in [0, 0.05) is 13.1 Å². The summed E-state index contributed by atoms with van der Waals surface area (Å²) < 4.78 is 6.58. The summed E-state index contributed by atoms with van der Waals surface area (Å²) in [6, 6.07) is 6.17. The van der Waals surface area contributed by atoms with E-state index in [1.54, 1.807) is 25.2 Å². The maximum atomic E-state index is 11.0. The first-order valence-corrected chi connectivity index (χ1v) is 5.93. The number of aromatic nitrogens is 4. The third-order valence-electron chi connectivity index (χ3n) is 2.98. The maximum absolute atomic E-state index is 11.0. The van der Waals surface area contributed by atoms with Crippen LogP contribution in [0.25, 0.3) is 22.8 Å². The highest BCUT2D eigenvalue weighted by atomic mass is 16.6. The van der Waals surface area contributed by atoms with E-state index in [0.29, 0.717) is 11.4 Å². The molecule has 2 heterocycles. The van der Waals surface area contributed by atoms with Crippen LogP contribution in [-0.4, -0.2) is 24.8 Å². The van der Waals surface area contributed by atoms with Gasteiger partial charge in [0.25, 0.3) is 11.6 Å². The predicted octanol–water partition coefficient (Wildman–Crippen LogP) is 1.63. The van der Waals surface area contributed by atoms with E-state index in [1.165, 1.54) is 16.9 Å². The number of nitrogens with two attached hydrogens (primary N) is 1. The summed E-state index contributed by atoms with van der Waals surface area (Å²) in [5, 5.41) is 18.8. The highest BCUT2D eigenvalue weighted by Gasteiger charge is 2.21. The summed E-state index contributed by atoms with van der Waals surface area (Å²) in [5.41, 5.74) is 6.49. The van der Waals surface area contributed by atoms with Gasteiger partial charge >= 0.3 is 0 Å². The molecule has 0 atom stereocenters. The predicted molar refractivity (Wildman–Crippen MR) is 73.0 cm³/mol. The van der Waals surface area contributed by atoms with Gasteiger partial charge in [-0.15, -0.1) is 0 Å². The van der Waals surface area contributed by atoms with Gasteiger partial charge in [-0.1, -0.05) is 17.3 Å². The summed E-state index contributed by atoms with van der Waals surface area (Å²) in [6.07, 6.45) is 1.49. The van der Waals surface area contributed by atoms with E-state index in [-0.39, 0.29) is 23.0 Å². The van der Waals surface area contributed by atoms with Crippen molar-refractivity contribution in [3.8, 4) is 22.8 Å².